The Balaban J connectivity index is 1.68. The molecule has 1 N–H and O–H groups in total. The van der Waals surface area contributed by atoms with Crippen molar-refractivity contribution in [3.05, 3.63) is 53.1 Å². The third kappa shape index (κ3) is 7.52. The van der Waals surface area contributed by atoms with Gasteiger partial charge in [0.25, 0.3) is 0 Å². The van der Waals surface area contributed by atoms with E-state index < -0.39 is 17.7 Å². The maximum atomic E-state index is 13.1. The Bertz CT molecular complexity index is 1340. The van der Waals surface area contributed by atoms with Gasteiger partial charge in [0.1, 0.15) is 5.82 Å². The van der Waals surface area contributed by atoms with Crippen molar-refractivity contribution in [1.82, 2.24) is 25.4 Å². The number of aromatic nitrogens is 5. The van der Waals surface area contributed by atoms with Crippen LogP contribution >= 0.6 is 0 Å². The first-order valence-electron chi connectivity index (χ1n) is 14.0. The fourth-order valence-corrected chi connectivity index (χ4v) is 4.69. The summed E-state index contributed by atoms with van der Waals surface area (Å²) in [5, 5.41) is 27.1. The van der Waals surface area contributed by atoms with Crippen LogP contribution in [-0.2, 0) is 16.0 Å². The maximum Gasteiger partial charge on any atom is 0.355 e. The molecular formula is C30H39FN6O4. The molecule has 0 radical (unpaired) electrons. The van der Waals surface area contributed by atoms with E-state index >= 15 is 0 Å². The third-order valence-corrected chi connectivity index (χ3v) is 7.73. The van der Waals surface area contributed by atoms with Gasteiger partial charge in [-0.3, -0.25) is 4.98 Å². The van der Waals surface area contributed by atoms with Gasteiger partial charge in [0, 0.05) is 37.0 Å². The van der Waals surface area contributed by atoms with Gasteiger partial charge in [0.05, 0.1) is 23.5 Å². The summed E-state index contributed by atoms with van der Waals surface area (Å²) in [5.74, 6) is -1.17. The molecule has 1 aliphatic heterocycles. The Morgan fingerprint density at radius 3 is 2.34 bits per heavy atom. The molecule has 1 aromatic carbocycles. The van der Waals surface area contributed by atoms with Gasteiger partial charge in [0.2, 0.25) is 5.82 Å². The van der Waals surface area contributed by atoms with Crippen molar-refractivity contribution in [2.45, 2.75) is 78.9 Å². The molecule has 220 valence electrons. The highest BCUT2D eigenvalue weighted by atomic mass is 19.1. The molecule has 1 saturated heterocycles. The first-order valence-corrected chi connectivity index (χ1v) is 14.0. The van der Waals surface area contributed by atoms with E-state index in [2.05, 4.69) is 44.1 Å². The van der Waals surface area contributed by atoms with E-state index in [1.165, 1.54) is 12.1 Å². The first kappa shape index (κ1) is 30.2. The third-order valence-electron chi connectivity index (χ3n) is 7.73. The number of aryl methyl sites for hydroxylation is 1. The van der Waals surface area contributed by atoms with E-state index in [4.69, 9.17) is 9.47 Å². The molecular weight excluding hydrogens is 527 g/mol. The summed E-state index contributed by atoms with van der Waals surface area (Å²) in [6, 6.07) is 6.20. The van der Waals surface area contributed by atoms with Crippen molar-refractivity contribution in [2.75, 3.05) is 24.6 Å². The van der Waals surface area contributed by atoms with Gasteiger partial charge in [-0.2, -0.15) is 0 Å². The van der Waals surface area contributed by atoms with Crippen molar-refractivity contribution in [1.29, 1.82) is 0 Å². The van der Waals surface area contributed by atoms with Crippen molar-refractivity contribution in [2.24, 2.45) is 5.41 Å². The lowest BCUT2D eigenvalue weighted by Gasteiger charge is -2.40. The Morgan fingerprint density at radius 2 is 1.76 bits per heavy atom. The summed E-state index contributed by atoms with van der Waals surface area (Å²) in [7, 11) is 0. The number of ether oxygens (including phenoxy) is 2. The quantitative estimate of drug-likeness (QED) is 0.325. The number of anilines is 1. The van der Waals surface area contributed by atoms with Gasteiger partial charge in [-0.25, -0.2) is 9.18 Å². The maximum absolute atomic E-state index is 13.1. The second kappa shape index (κ2) is 12.4. The standard InChI is InChI=1S/C30H39FN6O4/c1-7-30(5,6)41-25(27(38)39)23-19(2)32-18-22(24(23)37-15-13-29(3,4)14-16-37)26-33-35-28(36-34-26)40-17-12-20-8-10-21(31)11-9-20/h8-11,18,25H,7,12-17H2,1-6H3,(H,38,39). The lowest BCUT2D eigenvalue weighted by molar-refractivity contribution is -0.162. The number of hydrogen-bond donors (Lipinski definition) is 1. The average molecular weight is 567 g/mol. The molecule has 1 aliphatic rings. The minimum atomic E-state index is -1.24. The number of carboxylic acid groups (broad SMARTS) is 1. The second-order valence-corrected chi connectivity index (χ2v) is 11.9. The van der Waals surface area contributed by atoms with E-state index in [9.17, 15) is 14.3 Å². The summed E-state index contributed by atoms with van der Waals surface area (Å²) >= 11 is 0. The highest BCUT2D eigenvalue weighted by molar-refractivity contribution is 5.84. The molecule has 3 aromatic rings. The zero-order chi connectivity index (χ0) is 29.8. The minimum Gasteiger partial charge on any atom is -0.479 e. The Kier molecular flexibility index (Phi) is 9.16. The van der Waals surface area contributed by atoms with Gasteiger partial charge < -0.3 is 19.5 Å². The van der Waals surface area contributed by atoms with E-state index in [0.717, 1.165) is 31.5 Å². The molecule has 1 atom stereocenters. The number of nitrogens with zero attached hydrogens (tertiary/aromatic N) is 6. The molecule has 0 spiro atoms. The zero-order valence-corrected chi connectivity index (χ0v) is 24.6. The second-order valence-electron chi connectivity index (χ2n) is 11.9. The van der Waals surface area contributed by atoms with E-state index in [1.54, 1.807) is 25.3 Å². The monoisotopic (exact) mass is 566 g/mol. The molecule has 2 aromatic heterocycles. The minimum absolute atomic E-state index is 0.00821. The number of carboxylic acids is 1. The number of piperidine rings is 1. The van der Waals surface area contributed by atoms with Crippen molar-refractivity contribution in [3.63, 3.8) is 0 Å². The number of pyridine rings is 1. The van der Waals surface area contributed by atoms with Gasteiger partial charge in [-0.15, -0.1) is 10.2 Å². The number of carbonyl (C=O) groups is 1. The predicted octanol–water partition coefficient (Wildman–Crippen LogP) is 5.35. The molecule has 1 fully saturated rings. The zero-order valence-electron chi connectivity index (χ0n) is 24.6. The normalized spacial score (nSPS) is 15.9. The first-order chi connectivity index (χ1) is 19.4. The highest BCUT2D eigenvalue weighted by Gasteiger charge is 2.37. The highest BCUT2D eigenvalue weighted by Crippen LogP contribution is 2.42. The molecule has 10 nitrogen and oxygen atoms in total. The van der Waals surface area contributed by atoms with Crippen LogP contribution < -0.4 is 9.64 Å². The smallest absolute Gasteiger partial charge is 0.355 e. The Hall–Kier alpha value is -3.73. The van der Waals surface area contributed by atoms with Gasteiger partial charge in [-0.05, 0) is 63.1 Å². The summed E-state index contributed by atoms with van der Waals surface area (Å²) < 4.78 is 25.0. The largest absolute Gasteiger partial charge is 0.479 e. The summed E-state index contributed by atoms with van der Waals surface area (Å²) in [4.78, 5) is 19.4. The number of hydrogen-bond acceptors (Lipinski definition) is 9. The molecule has 11 heteroatoms. The molecule has 0 aliphatic carbocycles. The van der Waals surface area contributed by atoms with Crippen LogP contribution in [0.5, 0.6) is 6.01 Å². The van der Waals surface area contributed by atoms with Crippen molar-refractivity contribution in [3.8, 4) is 17.4 Å². The molecule has 0 bridgehead atoms. The van der Waals surface area contributed by atoms with Gasteiger partial charge in [-0.1, -0.05) is 43.1 Å². The van der Waals surface area contributed by atoms with E-state index in [0.29, 0.717) is 35.3 Å². The number of rotatable bonds is 11. The molecule has 41 heavy (non-hydrogen) atoms. The topological polar surface area (TPSA) is 123 Å². The van der Waals surface area contributed by atoms with Crippen molar-refractivity contribution >= 4 is 11.7 Å². The predicted molar refractivity (Wildman–Crippen MR) is 152 cm³/mol. The fraction of sp³-hybridized carbons (Fsp3) is 0.533. The number of halogens is 1. The molecule has 3 heterocycles. The van der Waals surface area contributed by atoms with Crippen LogP contribution in [0, 0.1) is 18.2 Å². The van der Waals surface area contributed by atoms with Crippen molar-refractivity contribution < 1.29 is 23.8 Å². The van der Waals surface area contributed by atoms with Crippen LogP contribution in [0.15, 0.2) is 30.5 Å². The number of aliphatic carboxylic acids is 1. The summed E-state index contributed by atoms with van der Waals surface area (Å²) in [6.07, 6.45) is 3.45. The van der Waals surface area contributed by atoms with Gasteiger partial charge >= 0.3 is 12.0 Å². The summed E-state index contributed by atoms with van der Waals surface area (Å²) in [6.45, 7) is 13.7. The van der Waals surface area contributed by atoms with E-state index in [1.807, 2.05) is 20.8 Å². The van der Waals surface area contributed by atoms with Crippen LogP contribution in [0.4, 0.5) is 10.1 Å². The van der Waals surface area contributed by atoms with E-state index in [-0.39, 0.29) is 29.7 Å². The van der Waals surface area contributed by atoms with Crippen LogP contribution in [0.1, 0.15) is 76.8 Å². The Morgan fingerprint density at radius 1 is 1.12 bits per heavy atom. The Labute approximate surface area is 240 Å². The lowest BCUT2D eigenvalue weighted by atomic mass is 9.82. The molecule has 4 rings (SSSR count). The SMILES string of the molecule is CCC(C)(C)OC(C(=O)O)c1c(C)ncc(-c2nnc(OCCc3ccc(F)cc3)nn2)c1N1CCC(C)(C)CC1. The van der Waals surface area contributed by atoms with Crippen LogP contribution in [0.25, 0.3) is 11.4 Å². The van der Waals surface area contributed by atoms with Crippen LogP contribution in [-0.4, -0.2) is 61.8 Å². The summed E-state index contributed by atoms with van der Waals surface area (Å²) in [5.41, 5.74) is 2.69. The van der Waals surface area contributed by atoms with Crippen LogP contribution in [0.2, 0.25) is 0 Å². The van der Waals surface area contributed by atoms with Gasteiger partial charge in [0.15, 0.2) is 6.10 Å². The fourth-order valence-electron chi connectivity index (χ4n) is 4.69. The lowest BCUT2D eigenvalue weighted by Crippen LogP contribution is -2.39. The molecule has 1 unspecified atom stereocenters. The average Bonchev–Trinajstić information content (AvgIpc) is 2.93. The molecule has 0 saturated carbocycles. The van der Waals surface area contributed by atoms with Crippen LogP contribution in [0.3, 0.4) is 0 Å². The molecule has 0 amide bonds. The number of benzene rings is 1.